The minimum atomic E-state index is -2.15. The van der Waals surface area contributed by atoms with E-state index < -0.39 is 34.5 Å². The van der Waals surface area contributed by atoms with Crippen LogP contribution in [0.3, 0.4) is 0 Å². The van der Waals surface area contributed by atoms with Crippen molar-refractivity contribution in [1.29, 1.82) is 0 Å². The van der Waals surface area contributed by atoms with E-state index in [0.29, 0.717) is 5.92 Å². The van der Waals surface area contributed by atoms with E-state index in [0.717, 1.165) is 12.8 Å². The Labute approximate surface area is 177 Å². The Morgan fingerprint density at radius 2 is 1.14 bits per heavy atom. The smallest absolute Gasteiger partial charge is 0.204 e. The van der Waals surface area contributed by atoms with E-state index in [9.17, 15) is 22.0 Å². The van der Waals surface area contributed by atoms with Crippen molar-refractivity contribution in [3.8, 4) is 0 Å². The van der Waals surface area contributed by atoms with E-state index in [1.54, 1.807) is 12.1 Å². The Hall–Kier alpha value is -1.90. The lowest BCUT2D eigenvalue weighted by molar-refractivity contribution is -0.597. The van der Waals surface area contributed by atoms with Crippen LogP contribution in [0.2, 0.25) is 0 Å². The predicted molar refractivity (Wildman–Crippen MR) is 99.7 cm³/mol. The Morgan fingerprint density at radius 3 is 1.62 bits per heavy atom. The van der Waals surface area contributed by atoms with Crippen LogP contribution in [-0.4, -0.2) is 7.28 Å². The van der Waals surface area contributed by atoms with Gasteiger partial charge in [0, 0.05) is 0 Å². The molecule has 0 aliphatic heterocycles. The Bertz CT molecular complexity index is 972. The van der Waals surface area contributed by atoms with Gasteiger partial charge in [0.15, 0.2) is 43.5 Å². The summed E-state index contributed by atoms with van der Waals surface area (Å²) in [7, 11) is 1.02. The van der Waals surface area contributed by atoms with E-state index in [1.807, 2.05) is 12.1 Å². The summed E-state index contributed by atoms with van der Waals surface area (Å²) in [6, 6.07) is 16.0. The average molecular weight is 514 g/mol. The molecule has 0 unspecified atom stereocenters. The molecular formula is C22H17BF5I+. The third kappa shape index (κ3) is 5.00. The van der Waals surface area contributed by atoms with Gasteiger partial charge in [0.1, 0.15) is 0 Å². The molecule has 0 nitrogen and oxygen atoms in total. The highest BCUT2D eigenvalue weighted by Gasteiger charge is 2.25. The molecule has 0 aliphatic rings. The molecule has 3 rings (SSSR count). The first-order valence-corrected chi connectivity index (χ1v) is 11.1. The maximum Gasteiger partial charge on any atom is 0.357 e. The summed E-state index contributed by atoms with van der Waals surface area (Å²) in [5.74, 6) is -9.15. The minimum Gasteiger partial charge on any atom is -0.204 e. The first-order chi connectivity index (χ1) is 13.8. The molecule has 0 bridgehead atoms. The molecule has 3 aromatic carbocycles. The fourth-order valence-corrected chi connectivity index (χ4v) is 4.90. The molecule has 1 radical (unpaired) electrons. The second-order valence-electron chi connectivity index (χ2n) is 6.82. The van der Waals surface area contributed by atoms with Gasteiger partial charge >= 0.3 is 21.2 Å². The van der Waals surface area contributed by atoms with Crippen molar-refractivity contribution in [3.63, 3.8) is 0 Å². The fourth-order valence-electron chi connectivity index (χ4n) is 2.74. The van der Waals surface area contributed by atoms with E-state index in [2.05, 4.69) is 38.1 Å². The highest BCUT2D eigenvalue weighted by atomic mass is 127. The molecule has 0 aliphatic carbocycles. The maximum atomic E-state index is 13.7. The first-order valence-electron chi connectivity index (χ1n) is 8.96. The van der Waals surface area contributed by atoms with Crippen LogP contribution in [0.1, 0.15) is 30.9 Å². The summed E-state index contributed by atoms with van der Waals surface area (Å²) in [6.07, 6.45) is 0.0556. The highest BCUT2D eigenvalue weighted by Crippen LogP contribution is 2.16. The van der Waals surface area contributed by atoms with Crippen LogP contribution >= 0.6 is 0 Å². The van der Waals surface area contributed by atoms with Crippen LogP contribution in [0.25, 0.3) is 0 Å². The van der Waals surface area contributed by atoms with Gasteiger partial charge in [-0.25, -0.2) is 22.0 Å². The SMILES string of the molecule is CC(C)c1ccc([I+]c2ccc(C[B]c3c(F)c(F)c(F)c(F)c3F)cc2)cc1. The topological polar surface area (TPSA) is 0 Å². The Kier molecular flexibility index (Phi) is 6.98. The van der Waals surface area contributed by atoms with Gasteiger partial charge in [-0.15, -0.1) is 0 Å². The maximum absolute atomic E-state index is 13.7. The molecule has 0 heterocycles. The van der Waals surface area contributed by atoms with Gasteiger partial charge in [-0.3, -0.25) is 0 Å². The van der Waals surface area contributed by atoms with Gasteiger partial charge in [-0.1, -0.05) is 43.7 Å². The third-order valence-electron chi connectivity index (χ3n) is 4.45. The molecular weight excluding hydrogens is 497 g/mol. The molecule has 0 atom stereocenters. The van der Waals surface area contributed by atoms with Crippen LogP contribution < -0.4 is 26.7 Å². The standard InChI is InChI=1S/C22H17BF5I/c1-12(2)14-5-9-16(10-6-14)29-15-7-3-13(4-8-15)11-23-17-18(24)20(26)22(28)21(27)19(17)25/h3-10,12H,11H2,1-2H3/q+1. The molecule has 0 saturated carbocycles. The predicted octanol–water partition coefficient (Wildman–Crippen LogP) is 2.16. The van der Waals surface area contributed by atoms with E-state index in [4.69, 9.17) is 0 Å². The number of benzene rings is 3. The molecule has 0 N–H and O–H groups in total. The lowest BCUT2D eigenvalue weighted by atomic mass is 9.64. The molecule has 0 fully saturated rings. The normalized spacial score (nSPS) is 11.2. The monoisotopic (exact) mass is 514 g/mol. The van der Waals surface area contributed by atoms with E-state index in [-0.39, 0.29) is 27.5 Å². The van der Waals surface area contributed by atoms with Crippen LogP contribution in [0.4, 0.5) is 22.0 Å². The van der Waals surface area contributed by atoms with Crippen molar-refractivity contribution in [2.45, 2.75) is 26.1 Å². The zero-order valence-corrected chi connectivity index (χ0v) is 17.9. The van der Waals surface area contributed by atoms with Crippen LogP contribution in [0.5, 0.6) is 0 Å². The van der Waals surface area contributed by atoms with Crippen molar-refractivity contribution < 1.29 is 43.2 Å². The van der Waals surface area contributed by atoms with Crippen molar-refractivity contribution in [3.05, 3.63) is 95.9 Å². The molecule has 0 amide bonds. The first kappa shape index (κ1) is 21.8. The van der Waals surface area contributed by atoms with Gasteiger partial charge in [0.25, 0.3) is 0 Å². The third-order valence-corrected chi connectivity index (χ3v) is 7.14. The van der Waals surface area contributed by atoms with Crippen LogP contribution in [-0.2, 0) is 6.32 Å². The summed E-state index contributed by atoms with van der Waals surface area (Å²) in [4.78, 5) is 0. The Morgan fingerprint density at radius 1 is 0.690 bits per heavy atom. The molecule has 3 aromatic rings. The number of hydrogen-bond acceptors (Lipinski definition) is 0. The molecule has 7 heteroatoms. The number of halogens is 6. The van der Waals surface area contributed by atoms with E-state index in [1.165, 1.54) is 12.7 Å². The Balaban J connectivity index is 1.67. The van der Waals surface area contributed by atoms with Crippen LogP contribution in [0, 0.1) is 36.2 Å². The summed E-state index contributed by atoms with van der Waals surface area (Å²) in [5, 5.41) is 0. The van der Waals surface area contributed by atoms with Gasteiger partial charge in [-0.2, -0.15) is 0 Å². The van der Waals surface area contributed by atoms with Gasteiger partial charge in [0.2, 0.25) is 0 Å². The second-order valence-corrected chi connectivity index (χ2v) is 9.85. The zero-order chi connectivity index (χ0) is 21.1. The average Bonchev–Trinajstić information content (AvgIpc) is 2.72. The van der Waals surface area contributed by atoms with Crippen molar-refractivity contribution in [1.82, 2.24) is 0 Å². The van der Waals surface area contributed by atoms with Gasteiger partial charge in [0.05, 0.1) is 0 Å². The molecule has 0 aromatic heterocycles. The number of hydrogen-bond donors (Lipinski definition) is 0. The largest absolute Gasteiger partial charge is 0.357 e. The van der Waals surface area contributed by atoms with Gasteiger partial charge in [-0.05, 0) is 47.5 Å². The molecule has 149 valence electrons. The van der Waals surface area contributed by atoms with Crippen LogP contribution in [0.15, 0.2) is 48.5 Å². The van der Waals surface area contributed by atoms with Crippen molar-refractivity contribution in [2.24, 2.45) is 0 Å². The van der Waals surface area contributed by atoms with E-state index >= 15 is 0 Å². The molecule has 0 spiro atoms. The van der Waals surface area contributed by atoms with Crippen molar-refractivity contribution >= 4 is 12.7 Å². The molecule has 0 saturated heterocycles. The quantitative estimate of drug-likeness (QED) is 0.156. The van der Waals surface area contributed by atoms with Crippen molar-refractivity contribution in [2.75, 3.05) is 0 Å². The summed E-state index contributed by atoms with van der Waals surface area (Å²) >= 11 is -0.365. The zero-order valence-electron chi connectivity index (χ0n) is 15.7. The lowest BCUT2D eigenvalue weighted by Gasteiger charge is -2.07. The lowest BCUT2D eigenvalue weighted by Crippen LogP contribution is -3.61. The fraction of sp³-hybridized carbons (Fsp3) is 0.182. The summed E-state index contributed by atoms with van der Waals surface area (Å²) < 4.78 is 69.6. The minimum absolute atomic E-state index is 0.0556. The van der Waals surface area contributed by atoms with Gasteiger partial charge < -0.3 is 0 Å². The number of rotatable bonds is 6. The highest BCUT2D eigenvalue weighted by molar-refractivity contribution is 6.53. The summed E-state index contributed by atoms with van der Waals surface area (Å²) in [6.45, 7) is 4.29. The summed E-state index contributed by atoms with van der Waals surface area (Å²) in [5.41, 5.74) is 1.11. The molecule has 29 heavy (non-hydrogen) atoms. The second kappa shape index (κ2) is 9.28.